The molecule has 3 heterocycles. The first-order valence-corrected chi connectivity index (χ1v) is 10.9. The number of ketones is 1. The van der Waals surface area contributed by atoms with Gasteiger partial charge in [-0.3, -0.25) is 4.79 Å². The third-order valence-electron chi connectivity index (χ3n) is 6.73. The maximum Gasteiger partial charge on any atom is 0.211 e. The average molecular weight is 490 g/mol. The first-order chi connectivity index (χ1) is 16.0. The number of hydrogen-bond donors (Lipinski definition) is 7. The molecule has 3 aliphatic heterocycles. The van der Waals surface area contributed by atoms with E-state index in [0.717, 1.165) is 6.26 Å². The molecule has 2 fully saturated rings. The van der Waals surface area contributed by atoms with Crippen LogP contribution in [0.5, 0.6) is 0 Å². The summed E-state index contributed by atoms with van der Waals surface area (Å²) < 4.78 is 28.1. The summed E-state index contributed by atoms with van der Waals surface area (Å²) in [6.07, 6.45) is -12.3. The Balaban J connectivity index is 1.58. The normalized spacial score (nSPS) is 51.1. The quantitative estimate of drug-likeness (QED) is 0.199. The van der Waals surface area contributed by atoms with E-state index >= 15 is 0 Å². The van der Waals surface area contributed by atoms with Crippen molar-refractivity contribution in [2.45, 2.75) is 87.2 Å². The topological polar surface area (TPSA) is 205 Å². The highest BCUT2D eigenvalue weighted by molar-refractivity contribution is 6.03. The van der Waals surface area contributed by atoms with Crippen LogP contribution in [0, 0.1) is 5.92 Å². The van der Waals surface area contributed by atoms with E-state index in [2.05, 4.69) is 0 Å². The van der Waals surface area contributed by atoms with Gasteiger partial charge in [0.1, 0.15) is 42.7 Å². The van der Waals surface area contributed by atoms with E-state index in [1.165, 1.54) is 19.1 Å². The molecule has 0 aromatic carbocycles. The van der Waals surface area contributed by atoms with Gasteiger partial charge >= 0.3 is 0 Å². The maximum absolute atomic E-state index is 13.0. The van der Waals surface area contributed by atoms with Crippen molar-refractivity contribution in [2.75, 3.05) is 6.61 Å². The van der Waals surface area contributed by atoms with Crippen molar-refractivity contribution < 1.29 is 64.2 Å². The fraction of sp³-hybridized carbons (Fsp3) is 0.762. The molecule has 7 N–H and O–H groups in total. The highest BCUT2D eigenvalue weighted by Crippen LogP contribution is 2.45. The van der Waals surface area contributed by atoms with Crippen molar-refractivity contribution in [3.63, 3.8) is 0 Å². The van der Waals surface area contributed by atoms with Crippen LogP contribution in [0.15, 0.2) is 24.0 Å². The molecule has 0 saturated carbocycles. The van der Waals surface area contributed by atoms with Crippen LogP contribution in [0.3, 0.4) is 0 Å². The molecule has 1 aliphatic carbocycles. The van der Waals surface area contributed by atoms with Crippen LogP contribution >= 0.6 is 0 Å². The van der Waals surface area contributed by atoms with Gasteiger partial charge < -0.3 is 59.4 Å². The van der Waals surface area contributed by atoms with Crippen LogP contribution in [0.2, 0.25) is 0 Å². The molecule has 34 heavy (non-hydrogen) atoms. The largest absolute Gasteiger partial charge is 0.472 e. The molecule has 13 nitrogen and oxygen atoms in total. The molecule has 13 heteroatoms. The van der Waals surface area contributed by atoms with Gasteiger partial charge in [-0.1, -0.05) is 5.57 Å². The monoisotopic (exact) mass is 490 g/mol. The minimum Gasteiger partial charge on any atom is -0.472 e. The molecule has 4 rings (SSSR count). The Morgan fingerprint density at radius 2 is 1.56 bits per heavy atom. The van der Waals surface area contributed by atoms with Gasteiger partial charge in [0.15, 0.2) is 24.0 Å². The van der Waals surface area contributed by atoms with Gasteiger partial charge in [-0.25, -0.2) is 0 Å². The molecular formula is C21H30O13. The van der Waals surface area contributed by atoms with E-state index < -0.39 is 91.6 Å². The Morgan fingerprint density at radius 1 is 0.912 bits per heavy atom. The number of fused-ring (bicyclic) bond motifs is 1. The average Bonchev–Trinajstić information content (AvgIpc) is 3.06. The van der Waals surface area contributed by atoms with Gasteiger partial charge in [-0.15, -0.1) is 0 Å². The van der Waals surface area contributed by atoms with Gasteiger partial charge in [-0.05, 0) is 26.0 Å². The first kappa shape index (κ1) is 25.6. The van der Waals surface area contributed by atoms with Crippen molar-refractivity contribution in [1.29, 1.82) is 0 Å². The van der Waals surface area contributed by atoms with Crippen LogP contribution < -0.4 is 0 Å². The first-order valence-electron chi connectivity index (χ1n) is 10.9. The summed E-state index contributed by atoms with van der Waals surface area (Å²) in [5.74, 6) is -1.49. The summed E-state index contributed by atoms with van der Waals surface area (Å²) in [5.41, 5.74) is -1.32. The standard InChI is InChI=1S/C21H30O13/c1-7-5-10(23)21(34-20-17(29)14(26)12(24)8(2)31-20)3-4-30-18(11(7)21)33-19-16(28)15(27)13(25)9(6-22)32-19/h3-5,8-9,11-20,22,24-29H,6H2,1-2H3/t8-,9+,11+,12-,13+,14+,15-,16+,17+,18-,19-,20-,21-/m0/s1. The number of hydrogen-bond acceptors (Lipinski definition) is 13. The van der Waals surface area contributed by atoms with E-state index in [4.69, 9.17) is 23.7 Å². The summed E-state index contributed by atoms with van der Waals surface area (Å²) in [7, 11) is 0. The number of aliphatic hydroxyl groups excluding tert-OH is 7. The summed E-state index contributed by atoms with van der Waals surface area (Å²) in [6.45, 7) is 2.42. The van der Waals surface area contributed by atoms with Gasteiger partial charge in [0.05, 0.1) is 24.9 Å². The predicted molar refractivity (Wildman–Crippen MR) is 107 cm³/mol. The zero-order chi connectivity index (χ0) is 24.9. The summed E-state index contributed by atoms with van der Waals surface area (Å²) in [5, 5.41) is 70.2. The number of carbonyl (C=O) groups is 1. The molecule has 0 aromatic heterocycles. The minimum absolute atomic E-state index is 0.461. The summed E-state index contributed by atoms with van der Waals surface area (Å²) in [6, 6.07) is 0. The van der Waals surface area contributed by atoms with Gasteiger partial charge in [0, 0.05) is 0 Å². The van der Waals surface area contributed by atoms with Crippen LogP contribution in [0.1, 0.15) is 13.8 Å². The van der Waals surface area contributed by atoms with Gasteiger partial charge in [0.25, 0.3) is 0 Å². The Bertz CT molecular complexity index is 829. The predicted octanol–water partition coefficient (Wildman–Crippen LogP) is -3.60. The number of rotatable bonds is 5. The maximum atomic E-state index is 13.0. The fourth-order valence-electron chi connectivity index (χ4n) is 4.70. The molecule has 0 radical (unpaired) electrons. The fourth-order valence-corrected chi connectivity index (χ4v) is 4.70. The lowest BCUT2D eigenvalue weighted by atomic mass is 9.83. The molecule has 13 atom stereocenters. The van der Waals surface area contributed by atoms with Crippen molar-refractivity contribution >= 4 is 5.78 Å². The van der Waals surface area contributed by atoms with Crippen LogP contribution in [0.4, 0.5) is 0 Å². The number of ether oxygens (including phenoxy) is 5. The van der Waals surface area contributed by atoms with Crippen LogP contribution in [-0.4, -0.2) is 121 Å². The highest BCUT2D eigenvalue weighted by Gasteiger charge is 2.59. The van der Waals surface area contributed by atoms with Crippen molar-refractivity contribution in [2.24, 2.45) is 5.92 Å². The Kier molecular flexibility index (Phi) is 7.17. The van der Waals surface area contributed by atoms with Gasteiger partial charge in [-0.2, -0.15) is 0 Å². The molecular weight excluding hydrogens is 460 g/mol. The highest BCUT2D eigenvalue weighted by atomic mass is 16.8. The van der Waals surface area contributed by atoms with E-state index in [1.807, 2.05) is 0 Å². The Morgan fingerprint density at radius 3 is 2.24 bits per heavy atom. The van der Waals surface area contributed by atoms with Crippen molar-refractivity contribution in [3.05, 3.63) is 24.0 Å². The van der Waals surface area contributed by atoms with E-state index in [1.54, 1.807) is 6.92 Å². The molecule has 0 bridgehead atoms. The summed E-state index contributed by atoms with van der Waals surface area (Å²) >= 11 is 0. The van der Waals surface area contributed by atoms with Gasteiger partial charge in [0.2, 0.25) is 6.29 Å². The molecule has 0 unspecified atom stereocenters. The lowest BCUT2D eigenvalue weighted by Crippen LogP contribution is -2.63. The zero-order valence-electron chi connectivity index (χ0n) is 18.4. The molecule has 4 aliphatic rings. The molecule has 0 spiro atoms. The third-order valence-corrected chi connectivity index (χ3v) is 6.73. The second-order valence-electron chi connectivity index (χ2n) is 8.96. The van der Waals surface area contributed by atoms with E-state index in [9.17, 15) is 40.5 Å². The van der Waals surface area contributed by atoms with E-state index in [-0.39, 0.29) is 0 Å². The molecule has 0 amide bonds. The third kappa shape index (κ3) is 4.10. The molecule has 0 aromatic rings. The minimum atomic E-state index is -1.78. The van der Waals surface area contributed by atoms with Crippen LogP contribution in [-0.2, 0) is 28.5 Å². The second kappa shape index (κ2) is 9.52. The number of aliphatic hydroxyl groups is 7. The van der Waals surface area contributed by atoms with Crippen LogP contribution in [0.25, 0.3) is 0 Å². The smallest absolute Gasteiger partial charge is 0.211 e. The zero-order valence-corrected chi connectivity index (χ0v) is 18.4. The van der Waals surface area contributed by atoms with Crippen molar-refractivity contribution in [1.82, 2.24) is 0 Å². The van der Waals surface area contributed by atoms with Crippen molar-refractivity contribution in [3.8, 4) is 0 Å². The molecule has 2 saturated heterocycles. The summed E-state index contributed by atoms with van der Waals surface area (Å²) in [4.78, 5) is 13.0. The SMILES string of the molecule is CC1=CC(=O)[C@@]2(O[C@@H]3O[C@@H](C)[C@H](O)[C@@H](O)[C@H]3O)C=CO[C@@H](O[C@@H]3O[C@H](CO)[C@@H](O)[C@H](O)[C@H]3O)[C@@H]12. The molecule has 192 valence electrons. The van der Waals surface area contributed by atoms with E-state index in [0.29, 0.717) is 5.57 Å². The number of carbonyl (C=O) groups excluding carboxylic acids is 1. The lowest BCUT2D eigenvalue weighted by Gasteiger charge is -2.46. The lowest BCUT2D eigenvalue weighted by molar-refractivity contribution is -0.353. The Labute approximate surface area is 194 Å². The second-order valence-corrected chi connectivity index (χ2v) is 8.96. The Hall–Kier alpha value is -1.49.